The Labute approximate surface area is 122 Å². The molecule has 0 saturated carbocycles. The Morgan fingerprint density at radius 2 is 2.40 bits per heavy atom. The minimum atomic E-state index is 0.0570. The highest BCUT2D eigenvalue weighted by Crippen LogP contribution is 2.34. The van der Waals surface area contributed by atoms with Crippen LogP contribution in [0.4, 0.5) is 0 Å². The summed E-state index contributed by atoms with van der Waals surface area (Å²) in [6.45, 7) is 0.792. The van der Waals surface area contributed by atoms with E-state index >= 15 is 0 Å². The van der Waals surface area contributed by atoms with Crippen LogP contribution in [-0.2, 0) is 0 Å². The SMILES string of the molecule is COc1cccc(C(=O)N2CCCC2c2nccs2)c1. The average molecular weight is 288 g/mol. The van der Waals surface area contributed by atoms with Gasteiger partial charge in [0.05, 0.1) is 13.2 Å². The fourth-order valence-corrected chi connectivity index (χ4v) is 3.37. The van der Waals surface area contributed by atoms with Crippen molar-refractivity contribution < 1.29 is 9.53 Å². The monoisotopic (exact) mass is 288 g/mol. The molecule has 1 saturated heterocycles. The number of carbonyl (C=O) groups excluding carboxylic acids is 1. The van der Waals surface area contributed by atoms with Crippen LogP contribution in [0.15, 0.2) is 35.8 Å². The Morgan fingerprint density at radius 1 is 1.50 bits per heavy atom. The molecule has 104 valence electrons. The molecule has 1 aliphatic heterocycles. The average Bonchev–Trinajstić information content (AvgIpc) is 3.16. The first-order valence-corrected chi connectivity index (χ1v) is 7.52. The van der Waals surface area contributed by atoms with E-state index in [9.17, 15) is 4.79 Å². The summed E-state index contributed by atoms with van der Waals surface area (Å²) in [5, 5.41) is 2.99. The van der Waals surface area contributed by atoms with Gasteiger partial charge in [0.25, 0.3) is 5.91 Å². The van der Waals surface area contributed by atoms with Gasteiger partial charge in [0.2, 0.25) is 0 Å². The Balaban J connectivity index is 1.85. The van der Waals surface area contributed by atoms with E-state index in [-0.39, 0.29) is 11.9 Å². The van der Waals surface area contributed by atoms with E-state index in [0.717, 1.165) is 24.4 Å². The molecule has 0 N–H and O–H groups in total. The molecule has 4 nitrogen and oxygen atoms in total. The fraction of sp³-hybridized carbons (Fsp3) is 0.333. The first kappa shape index (κ1) is 13.1. The third-order valence-corrected chi connectivity index (χ3v) is 4.44. The summed E-state index contributed by atoms with van der Waals surface area (Å²) in [4.78, 5) is 19.0. The molecule has 0 radical (unpaired) electrons. The van der Waals surface area contributed by atoms with Gasteiger partial charge in [-0.2, -0.15) is 0 Å². The van der Waals surface area contributed by atoms with Gasteiger partial charge in [-0.3, -0.25) is 4.79 Å². The highest BCUT2D eigenvalue weighted by molar-refractivity contribution is 7.09. The van der Waals surface area contributed by atoms with Gasteiger partial charge < -0.3 is 9.64 Å². The summed E-state index contributed by atoms with van der Waals surface area (Å²) < 4.78 is 5.19. The first-order chi connectivity index (χ1) is 9.79. The molecule has 20 heavy (non-hydrogen) atoms. The van der Waals surface area contributed by atoms with E-state index in [1.165, 1.54) is 0 Å². The van der Waals surface area contributed by atoms with E-state index in [1.54, 1.807) is 30.7 Å². The maximum Gasteiger partial charge on any atom is 0.254 e. The molecule has 1 fully saturated rings. The molecule has 3 rings (SSSR count). The third-order valence-electron chi connectivity index (χ3n) is 3.57. The van der Waals surface area contributed by atoms with Gasteiger partial charge >= 0.3 is 0 Å². The largest absolute Gasteiger partial charge is 0.497 e. The second-order valence-electron chi connectivity index (χ2n) is 4.76. The van der Waals surface area contributed by atoms with Crippen molar-refractivity contribution >= 4 is 17.2 Å². The van der Waals surface area contributed by atoms with Crippen molar-refractivity contribution in [3.8, 4) is 5.75 Å². The van der Waals surface area contributed by atoms with Crippen LogP contribution in [0.2, 0.25) is 0 Å². The number of hydrogen-bond donors (Lipinski definition) is 0. The summed E-state index contributed by atoms with van der Waals surface area (Å²) in [5.41, 5.74) is 0.674. The lowest BCUT2D eigenvalue weighted by molar-refractivity contribution is 0.0735. The predicted molar refractivity (Wildman–Crippen MR) is 78.1 cm³/mol. The molecular weight excluding hydrogens is 272 g/mol. The predicted octanol–water partition coefficient (Wildman–Crippen LogP) is 3.13. The molecular formula is C15H16N2O2S. The fourth-order valence-electron chi connectivity index (χ4n) is 2.59. The number of hydrogen-bond acceptors (Lipinski definition) is 4. The lowest BCUT2D eigenvalue weighted by Crippen LogP contribution is -2.30. The van der Waals surface area contributed by atoms with Crippen LogP contribution >= 0.6 is 11.3 Å². The lowest BCUT2D eigenvalue weighted by atomic mass is 10.1. The second-order valence-corrected chi connectivity index (χ2v) is 5.69. The molecule has 1 aromatic carbocycles. The molecule has 1 amide bonds. The van der Waals surface area contributed by atoms with Crippen molar-refractivity contribution in [1.29, 1.82) is 0 Å². The van der Waals surface area contributed by atoms with Gasteiger partial charge in [0, 0.05) is 23.7 Å². The van der Waals surface area contributed by atoms with E-state index in [1.807, 2.05) is 28.5 Å². The molecule has 1 unspecified atom stereocenters. The summed E-state index contributed by atoms with van der Waals surface area (Å²) in [6.07, 6.45) is 3.82. The van der Waals surface area contributed by atoms with Crippen molar-refractivity contribution in [1.82, 2.24) is 9.88 Å². The van der Waals surface area contributed by atoms with Crippen molar-refractivity contribution in [3.05, 3.63) is 46.4 Å². The van der Waals surface area contributed by atoms with Crippen LogP contribution in [0.5, 0.6) is 5.75 Å². The van der Waals surface area contributed by atoms with Gasteiger partial charge in [-0.15, -0.1) is 11.3 Å². The van der Waals surface area contributed by atoms with Crippen LogP contribution in [0, 0.1) is 0 Å². The maximum absolute atomic E-state index is 12.7. The van der Waals surface area contributed by atoms with Crippen LogP contribution in [0.3, 0.4) is 0 Å². The normalized spacial score (nSPS) is 18.2. The summed E-state index contributed by atoms with van der Waals surface area (Å²) in [5.74, 6) is 0.766. The molecule has 2 heterocycles. The standard InChI is InChI=1S/C15H16N2O2S/c1-19-12-5-2-4-11(10-12)15(18)17-8-3-6-13(17)14-16-7-9-20-14/h2,4-5,7,9-10,13H,3,6,8H2,1H3. The van der Waals surface area contributed by atoms with Crippen molar-refractivity contribution in [3.63, 3.8) is 0 Å². The maximum atomic E-state index is 12.7. The van der Waals surface area contributed by atoms with E-state index in [2.05, 4.69) is 4.98 Å². The molecule has 0 bridgehead atoms. The number of likely N-dealkylation sites (tertiary alicyclic amines) is 1. The van der Waals surface area contributed by atoms with Crippen LogP contribution in [0.25, 0.3) is 0 Å². The second kappa shape index (κ2) is 5.63. The Kier molecular flexibility index (Phi) is 3.69. The Hall–Kier alpha value is -1.88. The summed E-state index contributed by atoms with van der Waals surface area (Å²) in [6, 6.07) is 7.44. The molecule has 1 aromatic heterocycles. The number of carbonyl (C=O) groups is 1. The minimum absolute atomic E-state index is 0.0570. The molecule has 1 aliphatic rings. The van der Waals surface area contributed by atoms with E-state index in [0.29, 0.717) is 11.3 Å². The number of thiazole rings is 1. The van der Waals surface area contributed by atoms with Gasteiger partial charge in [-0.05, 0) is 31.0 Å². The number of rotatable bonds is 3. The third kappa shape index (κ3) is 2.41. The van der Waals surface area contributed by atoms with Crippen LogP contribution in [-0.4, -0.2) is 29.4 Å². The molecule has 0 spiro atoms. The van der Waals surface area contributed by atoms with Crippen molar-refractivity contribution in [2.24, 2.45) is 0 Å². The van der Waals surface area contributed by atoms with Gasteiger partial charge in [-0.1, -0.05) is 6.07 Å². The quantitative estimate of drug-likeness (QED) is 0.871. The number of methoxy groups -OCH3 is 1. The smallest absolute Gasteiger partial charge is 0.254 e. The zero-order valence-corrected chi connectivity index (χ0v) is 12.1. The lowest BCUT2D eigenvalue weighted by Gasteiger charge is -2.23. The van der Waals surface area contributed by atoms with E-state index < -0.39 is 0 Å². The number of benzene rings is 1. The number of nitrogens with zero attached hydrogens (tertiary/aromatic N) is 2. The van der Waals surface area contributed by atoms with E-state index in [4.69, 9.17) is 4.74 Å². The first-order valence-electron chi connectivity index (χ1n) is 6.64. The molecule has 5 heteroatoms. The Bertz CT molecular complexity index is 598. The highest BCUT2D eigenvalue weighted by atomic mass is 32.1. The van der Waals surface area contributed by atoms with Crippen LogP contribution < -0.4 is 4.74 Å². The molecule has 1 atom stereocenters. The van der Waals surface area contributed by atoms with Gasteiger partial charge in [0.1, 0.15) is 10.8 Å². The minimum Gasteiger partial charge on any atom is -0.497 e. The van der Waals surface area contributed by atoms with Gasteiger partial charge in [-0.25, -0.2) is 4.98 Å². The summed E-state index contributed by atoms with van der Waals surface area (Å²) >= 11 is 1.61. The van der Waals surface area contributed by atoms with Crippen molar-refractivity contribution in [2.45, 2.75) is 18.9 Å². The number of ether oxygens (including phenoxy) is 1. The Morgan fingerprint density at radius 3 is 3.15 bits per heavy atom. The number of aromatic nitrogens is 1. The molecule has 0 aliphatic carbocycles. The zero-order chi connectivity index (χ0) is 13.9. The van der Waals surface area contributed by atoms with Crippen LogP contribution in [0.1, 0.15) is 34.2 Å². The zero-order valence-electron chi connectivity index (χ0n) is 11.3. The number of amides is 1. The highest BCUT2D eigenvalue weighted by Gasteiger charge is 2.32. The van der Waals surface area contributed by atoms with Gasteiger partial charge in [0.15, 0.2) is 0 Å². The molecule has 2 aromatic rings. The summed E-state index contributed by atoms with van der Waals surface area (Å²) in [7, 11) is 1.61. The topological polar surface area (TPSA) is 42.4 Å². The van der Waals surface area contributed by atoms with Crippen molar-refractivity contribution in [2.75, 3.05) is 13.7 Å².